The second-order valence-corrected chi connectivity index (χ2v) is 5.83. The Hall–Kier alpha value is -0.960. The minimum atomic E-state index is -3.88. The fourth-order valence-corrected chi connectivity index (χ4v) is 2.89. The maximum atomic E-state index is 11.8. The topological polar surface area (TPSA) is 109 Å². The van der Waals surface area contributed by atoms with Crippen LogP contribution in [0, 0.1) is 0 Å². The summed E-state index contributed by atoms with van der Waals surface area (Å²) < 4.78 is 26.2. The highest BCUT2D eigenvalue weighted by atomic mass is 79.9. The normalized spacial score (nSPS) is 13.3. The lowest BCUT2D eigenvalue weighted by atomic mass is 10.3. The van der Waals surface area contributed by atoms with Crippen molar-refractivity contribution in [3.63, 3.8) is 0 Å². The van der Waals surface area contributed by atoms with Crippen LogP contribution in [-0.2, 0) is 14.8 Å². The first-order chi connectivity index (χ1) is 7.86. The zero-order chi connectivity index (χ0) is 13.1. The van der Waals surface area contributed by atoms with E-state index < -0.39 is 22.0 Å². The molecular formula is C9H11BrN2O4S. The van der Waals surface area contributed by atoms with Crippen molar-refractivity contribution < 1.29 is 18.3 Å². The molecule has 0 heterocycles. The largest absolute Gasteiger partial charge is 0.480 e. The number of nitrogens with two attached hydrogens (primary N) is 1. The zero-order valence-electron chi connectivity index (χ0n) is 8.63. The summed E-state index contributed by atoms with van der Waals surface area (Å²) in [4.78, 5) is 10.7. The van der Waals surface area contributed by atoms with E-state index in [2.05, 4.69) is 15.9 Å². The van der Waals surface area contributed by atoms with Gasteiger partial charge in [0.25, 0.3) is 0 Å². The second-order valence-electron chi connectivity index (χ2n) is 3.21. The molecule has 0 amide bonds. The van der Waals surface area contributed by atoms with Crippen molar-refractivity contribution in [2.75, 3.05) is 6.54 Å². The van der Waals surface area contributed by atoms with E-state index >= 15 is 0 Å². The number of benzene rings is 1. The van der Waals surface area contributed by atoms with E-state index in [4.69, 9.17) is 10.8 Å². The Bertz CT molecular complexity index is 517. The van der Waals surface area contributed by atoms with Crippen LogP contribution in [0.15, 0.2) is 33.6 Å². The molecule has 1 rings (SSSR count). The van der Waals surface area contributed by atoms with E-state index in [1.165, 1.54) is 18.2 Å². The molecule has 0 aliphatic carbocycles. The fourth-order valence-electron chi connectivity index (χ4n) is 1.09. The van der Waals surface area contributed by atoms with Crippen molar-refractivity contribution in [2.45, 2.75) is 10.9 Å². The van der Waals surface area contributed by atoms with Crippen LogP contribution in [0.5, 0.6) is 0 Å². The lowest BCUT2D eigenvalue weighted by molar-refractivity contribution is -0.138. The molecule has 1 unspecified atom stereocenters. The average Bonchev–Trinajstić information content (AvgIpc) is 2.25. The molecule has 0 aliphatic rings. The quantitative estimate of drug-likeness (QED) is 0.714. The Labute approximate surface area is 107 Å². The molecule has 0 aliphatic heterocycles. The van der Waals surface area contributed by atoms with Gasteiger partial charge in [-0.25, -0.2) is 8.42 Å². The Kier molecular flexibility index (Phi) is 4.63. The van der Waals surface area contributed by atoms with E-state index in [0.29, 0.717) is 4.47 Å². The number of hydrogen-bond donors (Lipinski definition) is 3. The van der Waals surface area contributed by atoms with Crippen LogP contribution in [0.2, 0.25) is 0 Å². The molecule has 4 N–H and O–H groups in total. The molecule has 0 bridgehead atoms. The molecule has 0 radical (unpaired) electrons. The van der Waals surface area contributed by atoms with Crippen LogP contribution in [-0.4, -0.2) is 32.1 Å². The van der Waals surface area contributed by atoms with Crippen LogP contribution >= 0.6 is 15.9 Å². The zero-order valence-corrected chi connectivity index (χ0v) is 11.0. The number of carboxylic acids is 1. The van der Waals surface area contributed by atoms with Crippen LogP contribution in [0.3, 0.4) is 0 Å². The number of sulfonamides is 1. The minimum absolute atomic E-state index is 0.0217. The summed E-state index contributed by atoms with van der Waals surface area (Å²) in [5.74, 6) is -1.31. The molecule has 94 valence electrons. The molecule has 0 spiro atoms. The van der Waals surface area contributed by atoms with Gasteiger partial charge in [-0.3, -0.25) is 4.79 Å². The third-order valence-electron chi connectivity index (χ3n) is 1.94. The molecule has 0 aromatic heterocycles. The Morgan fingerprint density at radius 3 is 2.65 bits per heavy atom. The molecule has 1 aromatic rings. The van der Waals surface area contributed by atoms with Gasteiger partial charge in [0.05, 0.1) is 4.90 Å². The van der Waals surface area contributed by atoms with Gasteiger partial charge in [0.15, 0.2) is 0 Å². The van der Waals surface area contributed by atoms with Crippen LogP contribution in [0.25, 0.3) is 0 Å². The van der Waals surface area contributed by atoms with Crippen molar-refractivity contribution in [3.8, 4) is 0 Å². The third-order valence-corrected chi connectivity index (χ3v) is 3.90. The first kappa shape index (κ1) is 14.1. The minimum Gasteiger partial charge on any atom is -0.480 e. The number of carbonyl (C=O) groups is 1. The molecule has 17 heavy (non-hydrogen) atoms. The summed E-state index contributed by atoms with van der Waals surface area (Å²) in [6, 6.07) is 4.60. The van der Waals surface area contributed by atoms with Gasteiger partial charge < -0.3 is 10.8 Å². The van der Waals surface area contributed by atoms with E-state index in [9.17, 15) is 13.2 Å². The van der Waals surface area contributed by atoms with Crippen LogP contribution in [0.1, 0.15) is 0 Å². The van der Waals surface area contributed by atoms with Gasteiger partial charge in [-0.15, -0.1) is 0 Å². The lowest BCUT2D eigenvalue weighted by Crippen LogP contribution is -2.45. The lowest BCUT2D eigenvalue weighted by Gasteiger charge is -2.12. The summed E-state index contributed by atoms with van der Waals surface area (Å²) in [7, 11) is -3.88. The Balaban J connectivity index is 3.00. The highest BCUT2D eigenvalue weighted by Gasteiger charge is 2.24. The van der Waals surface area contributed by atoms with Gasteiger partial charge in [0.1, 0.15) is 6.04 Å². The SMILES string of the molecule is NCC(NS(=O)(=O)c1cccc(Br)c1)C(=O)O. The molecule has 6 nitrogen and oxygen atoms in total. The predicted octanol–water partition coefficient (Wildman–Crippen LogP) is 0.139. The Morgan fingerprint density at radius 2 is 2.18 bits per heavy atom. The number of aliphatic carboxylic acids is 1. The number of hydrogen-bond acceptors (Lipinski definition) is 4. The standard InChI is InChI=1S/C9H11BrN2O4S/c10-6-2-1-3-7(4-6)17(15,16)12-8(5-11)9(13)14/h1-4,8,12H,5,11H2,(H,13,14). The number of carboxylic acid groups (broad SMARTS) is 1. The third kappa shape index (κ3) is 3.77. The monoisotopic (exact) mass is 322 g/mol. The molecule has 0 saturated carbocycles. The first-order valence-corrected chi connectivity index (χ1v) is 6.85. The first-order valence-electron chi connectivity index (χ1n) is 4.57. The molecule has 1 atom stereocenters. The van der Waals surface area contributed by atoms with Gasteiger partial charge in [-0.2, -0.15) is 4.72 Å². The summed E-state index contributed by atoms with van der Waals surface area (Å²) >= 11 is 3.13. The van der Waals surface area contributed by atoms with E-state index in [1.807, 2.05) is 4.72 Å². The molecular weight excluding hydrogens is 312 g/mol. The molecule has 1 aromatic carbocycles. The average molecular weight is 323 g/mol. The number of halogens is 1. The summed E-state index contributed by atoms with van der Waals surface area (Å²) in [5, 5.41) is 8.72. The van der Waals surface area contributed by atoms with Crippen molar-refractivity contribution >= 4 is 31.9 Å². The maximum Gasteiger partial charge on any atom is 0.323 e. The summed E-state index contributed by atoms with van der Waals surface area (Å²) in [6.07, 6.45) is 0. The highest BCUT2D eigenvalue weighted by molar-refractivity contribution is 9.10. The summed E-state index contributed by atoms with van der Waals surface area (Å²) in [6.45, 7) is -0.317. The van der Waals surface area contributed by atoms with Gasteiger partial charge in [0.2, 0.25) is 10.0 Å². The Morgan fingerprint density at radius 1 is 1.53 bits per heavy atom. The second kappa shape index (κ2) is 5.58. The van der Waals surface area contributed by atoms with E-state index in [0.717, 1.165) is 0 Å². The predicted molar refractivity (Wildman–Crippen MR) is 64.9 cm³/mol. The maximum absolute atomic E-state index is 11.8. The van der Waals surface area contributed by atoms with Crippen LogP contribution < -0.4 is 10.5 Å². The van der Waals surface area contributed by atoms with Crippen molar-refractivity contribution in [2.24, 2.45) is 5.73 Å². The molecule has 8 heteroatoms. The van der Waals surface area contributed by atoms with Gasteiger partial charge in [-0.1, -0.05) is 22.0 Å². The van der Waals surface area contributed by atoms with E-state index in [1.54, 1.807) is 6.07 Å². The van der Waals surface area contributed by atoms with E-state index in [-0.39, 0.29) is 11.4 Å². The van der Waals surface area contributed by atoms with Crippen molar-refractivity contribution in [1.29, 1.82) is 0 Å². The molecule has 0 saturated heterocycles. The number of nitrogens with one attached hydrogen (secondary N) is 1. The van der Waals surface area contributed by atoms with Gasteiger partial charge in [-0.05, 0) is 18.2 Å². The van der Waals surface area contributed by atoms with Crippen molar-refractivity contribution in [1.82, 2.24) is 4.72 Å². The smallest absolute Gasteiger partial charge is 0.323 e. The summed E-state index contributed by atoms with van der Waals surface area (Å²) in [5.41, 5.74) is 5.17. The fraction of sp³-hybridized carbons (Fsp3) is 0.222. The molecule has 0 fully saturated rings. The highest BCUT2D eigenvalue weighted by Crippen LogP contribution is 2.16. The van der Waals surface area contributed by atoms with Gasteiger partial charge in [0, 0.05) is 11.0 Å². The van der Waals surface area contributed by atoms with Gasteiger partial charge >= 0.3 is 5.97 Å². The van der Waals surface area contributed by atoms with Crippen LogP contribution in [0.4, 0.5) is 0 Å². The number of rotatable bonds is 5. The van der Waals surface area contributed by atoms with Crippen molar-refractivity contribution in [3.05, 3.63) is 28.7 Å².